The van der Waals surface area contributed by atoms with E-state index in [-0.39, 0.29) is 10.4 Å². The number of nitrogens with one attached hydrogen (secondary N) is 1. The smallest absolute Gasteiger partial charge is 0.287 e. The molecule has 2 aromatic rings. The van der Waals surface area contributed by atoms with Crippen LogP contribution < -0.4 is 5.32 Å². The van der Waals surface area contributed by atoms with Gasteiger partial charge in [0.2, 0.25) is 0 Å². The van der Waals surface area contributed by atoms with E-state index in [1.807, 2.05) is 30.0 Å². The van der Waals surface area contributed by atoms with Crippen molar-refractivity contribution in [1.82, 2.24) is 4.98 Å². The van der Waals surface area contributed by atoms with Crippen LogP contribution in [0.1, 0.15) is 12.8 Å². The topological polar surface area (TPSA) is 68.1 Å². The highest BCUT2D eigenvalue weighted by atomic mass is 32.2. The molecular weight excluding hydrogens is 286 g/mol. The van der Waals surface area contributed by atoms with Crippen LogP contribution in [-0.4, -0.2) is 21.2 Å². The predicted octanol–water partition coefficient (Wildman–Crippen LogP) is 3.73. The summed E-state index contributed by atoms with van der Waals surface area (Å²) in [6, 6.07) is 13.5. The number of aromatic nitrogens is 1. The van der Waals surface area contributed by atoms with E-state index in [0.29, 0.717) is 5.82 Å². The molecule has 1 aliphatic rings. The number of nitro groups is 1. The van der Waals surface area contributed by atoms with E-state index in [1.165, 1.54) is 30.0 Å². The van der Waals surface area contributed by atoms with Crippen molar-refractivity contribution < 1.29 is 4.92 Å². The number of anilines is 1. The Hall–Kier alpha value is -2.08. The molecule has 0 bridgehead atoms. The molecule has 0 atom stereocenters. The van der Waals surface area contributed by atoms with E-state index in [1.54, 1.807) is 6.07 Å². The lowest BCUT2D eigenvalue weighted by atomic mass is 10.3. The number of benzene rings is 1. The van der Waals surface area contributed by atoms with Crippen LogP contribution >= 0.6 is 11.8 Å². The molecule has 0 saturated heterocycles. The average Bonchev–Trinajstić information content (AvgIpc) is 3.27. The van der Waals surface area contributed by atoms with Gasteiger partial charge in [-0.2, -0.15) is 0 Å². The molecule has 1 aromatic carbocycles. The molecule has 1 saturated carbocycles. The fourth-order valence-corrected chi connectivity index (χ4v) is 3.29. The van der Waals surface area contributed by atoms with E-state index in [9.17, 15) is 10.1 Å². The Morgan fingerprint density at radius 2 is 2.00 bits per heavy atom. The van der Waals surface area contributed by atoms with Crippen molar-refractivity contribution in [2.24, 2.45) is 0 Å². The van der Waals surface area contributed by atoms with Crippen LogP contribution in [0.3, 0.4) is 0 Å². The van der Waals surface area contributed by atoms with E-state index < -0.39 is 4.92 Å². The van der Waals surface area contributed by atoms with Gasteiger partial charge in [-0.25, -0.2) is 4.98 Å². The maximum Gasteiger partial charge on any atom is 0.287 e. The molecule has 1 aromatic heterocycles. The van der Waals surface area contributed by atoms with Crippen molar-refractivity contribution in [3.05, 3.63) is 58.8 Å². The van der Waals surface area contributed by atoms with Crippen LogP contribution in [0.5, 0.6) is 0 Å². The third-order valence-electron chi connectivity index (χ3n) is 3.44. The largest absolute Gasteiger partial charge is 0.369 e. The van der Waals surface area contributed by atoms with Crippen LogP contribution in [-0.2, 0) is 0 Å². The second-order valence-corrected chi connectivity index (χ2v) is 6.65. The van der Waals surface area contributed by atoms with Gasteiger partial charge in [-0.1, -0.05) is 18.2 Å². The molecule has 5 nitrogen and oxygen atoms in total. The second-order valence-electron chi connectivity index (χ2n) is 5.11. The molecule has 0 spiro atoms. The molecule has 1 aliphatic carbocycles. The van der Waals surface area contributed by atoms with Gasteiger partial charge in [0, 0.05) is 22.3 Å². The zero-order valence-corrected chi connectivity index (χ0v) is 12.2. The standard InChI is InChI=1S/C15H15N3O2S/c19-18(20)12-6-7-14(16-10-12)17-11-15(8-9-15)21-13-4-2-1-3-5-13/h1-7,10H,8-9,11H2,(H,16,17). The van der Waals surface area contributed by atoms with Crippen LogP contribution in [0.25, 0.3) is 0 Å². The minimum absolute atomic E-state index is 0.0142. The minimum atomic E-state index is -0.440. The maximum atomic E-state index is 10.6. The van der Waals surface area contributed by atoms with Gasteiger partial charge in [-0.05, 0) is 31.0 Å². The second kappa shape index (κ2) is 5.73. The van der Waals surface area contributed by atoms with Crippen LogP contribution in [0.2, 0.25) is 0 Å². The summed E-state index contributed by atoms with van der Waals surface area (Å²) in [5.41, 5.74) is 0.0142. The van der Waals surface area contributed by atoms with Crippen molar-refractivity contribution >= 4 is 23.3 Å². The molecule has 108 valence electrons. The van der Waals surface area contributed by atoms with Crippen molar-refractivity contribution in [3.63, 3.8) is 0 Å². The van der Waals surface area contributed by atoms with E-state index in [0.717, 1.165) is 6.54 Å². The number of hydrogen-bond acceptors (Lipinski definition) is 5. The molecule has 21 heavy (non-hydrogen) atoms. The highest BCUT2D eigenvalue weighted by Gasteiger charge is 2.43. The molecule has 0 aliphatic heterocycles. The lowest BCUT2D eigenvalue weighted by Crippen LogP contribution is -2.18. The van der Waals surface area contributed by atoms with Crippen molar-refractivity contribution in [3.8, 4) is 0 Å². The Bertz CT molecular complexity index is 627. The first kappa shape index (κ1) is 13.9. The summed E-state index contributed by atoms with van der Waals surface area (Å²) in [5, 5.41) is 13.9. The highest BCUT2D eigenvalue weighted by molar-refractivity contribution is 8.01. The highest BCUT2D eigenvalue weighted by Crippen LogP contribution is 2.51. The number of rotatable bonds is 6. The van der Waals surface area contributed by atoms with E-state index in [4.69, 9.17) is 0 Å². The minimum Gasteiger partial charge on any atom is -0.369 e. The first-order chi connectivity index (χ1) is 10.2. The van der Waals surface area contributed by atoms with Crippen molar-refractivity contribution in [2.75, 3.05) is 11.9 Å². The van der Waals surface area contributed by atoms with Crippen LogP contribution in [0.15, 0.2) is 53.6 Å². The molecule has 6 heteroatoms. The first-order valence-corrected chi connectivity index (χ1v) is 7.57. The fourth-order valence-electron chi connectivity index (χ4n) is 2.04. The van der Waals surface area contributed by atoms with Crippen molar-refractivity contribution in [1.29, 1.82) is 0 Å². The molecule has 0 unspecified atom stereocenters. The lowest BCUT2D eigenvalue weighted by Gasteiger charge is -2.16. The molecule has 1 heterocycles. The van der Waals surface area contributed by atoms with Crippen molar-refractivity contribution in [2.45, 2.75) is 22.5 Å². The molecule has 3 rings (SSSR count). The molecule has 1 fully saturated rings. The fraction of sp³-hybridized carbons (Fsp3) is 0.267. The van der Waals surface area contributed by atoms with Gasteiger partial charge in [-0.3, -0.25) is 10.1 Å². The quantitative estimate of drug-likeness (QED) is 0.650. The summed E-state index contributed by atoms with van der Waals surface area (Å²) in [5.74, 6) is 0.681. The number of pyridine rings is 1. The van der Waals surface area contributed by atoms with Gasteiger partial charge in [0.05, 0.1) is 4.92 Å². The zero-order valence-electron chi connectivity index (χ0n) is 11.4. The monoisotopic (exact) mass is 301 g/mol. The molecule has 1 N–H and O–H groups in total. The SMILES string of the molecule is O=[N+]([O-])c1ccc(NCC2(Sc3ccccc3)CC2)nc1. The Morgan fingerprint density at radius 3 is 2.57 bits per heavy atom. The first-order valence-electron chi connectivity index (χ1n) is 6.75. The third kappa shape index (κ3) is 3.52. The Morgan fingerprint density at radius 1 is 1.24 bits per heavy atom. The summed E-state index contributed by atoms with van der Waals surface area (Å²) >= 11 is 1.89. The van der Waals surface area contributed by atoms with Gasteiger partial charge < -0.3 is 5.32 Å². The normalized spacial score (nSPS) is 15.4. The Labute approximate surface area is 126 Å². The van der Waals surface area contributed by atoms with Gasteiger partial charge in [-0.15, -0.1) is 11.8 Å². The third-order valence-corrected chi connectivity index (χ3v) is 4.93. The molecule has 0 amide bonds. The number of hydrogen-bond donors (Lipinski definition) is 1. The zero-order chi connectivity index (χ0) is 14.7. The molecular formula is C15H15N3O2S. The number of nitrogens with zero attached hydrogens (tertiary/aromatic N) is 2. The van der Waals surface area contributed by atoms with Gasteiger partial charge in [0.1, 0.15) is 12.0 Å². The maximum absolute atomic E-state index is 10.6. The van der Waals surface area contributed by atoms with Gasteiger partial charge >= 0.3 is 0 Å². The Kier molecular flexibility index (Phi) is 3.79. The summed E-state index contributed by atoms with van der Waals surface area (Å²) < 4.78 is 0.227. The predicted molar refractivity (Wildman–Crippen MR) is 83.6 cm³/mol. The summed E-state index contributed by atoms with van der Waals surface area (Å²) in [4.78, 5) is 15.5. The van der Waals surface area contributed by atoms with Crippen LogP contribution in [0, 0.1) is 10.1 Å². The van der Waals surface area contributed by atoms with Gasteiger partial charge in [0.15, 0.2) is 0 Å². The summed E-state index contributed by atoms with van der Waals surface area (Å²) in [7, 11) is 0. The summed E-state index contributed by atoms with van der Waals surface area (Å²) in [6.45, 7) is 0.817. The average molecular weight is 301 g/mol. The van der Waals surface area contributed by atoms with E-state index in [2.05, 4.69) is 22.4 Å². The molecule has 0 radical (unpaired) electrons. The van der Waals surface area contributed by atoms with E-state index >= 15 is 0 Å². The van der Waals surface area contributed by atoms with Crippen LogP contribution in [0.4, 0.5) is 11.5 Å². The lowest BCUT2D eigenvalue weighted by molar-refractivity contribution is -0.385. The number of thioether (sulfide) groups is 1. The Balaban J connectivity index is 1.58. The van der Waals surface area contributed by atoms with Gasteiger partial charge in [0.25, 0.3) is 5.69 Å². The summed E-state index contributed by atoms with van der Waals surface area (Å²) in [6.07, 6.45) is 3.63.